The highest BCUT2D eigenvalue weighted by Gasteiger charge is 2.45. The monoisotopic (exact) mass is 696 g/mol. The first-order chi connectivity index (χ1) is 24.0. The molecule has 0 spiro atoms. The summed E-state index contributed by atoms with van der Waals surface area (Å²) >= 11 is 0. The average Bonchev–Trinajstić information content (AvgIpc) is 3.46. The molecule has 0 bridgehead atoms. The van der Waals surface area contributed by atoms with Crippen molar-refractivity contribution in [3.05, 3.63) is 56.9 Å². The number of aromatic hydroxyl groups is 1. The zero-order chi connectivity index (χ0) is 35.8. The summed E-state index contributed by atoms with van der Waals surface area (Å²) in [4.78, 5) is 56.0. The zero-order valence-corrected chi connectivity index (χ0v) is 28.6. The van der Waals surface area contributed by atoms with Gasteiger partial charge in [-0.05, 0) is 30.7 Å². The molecule has 0 aliphatic carbocycles. The number of fused-ring (bicyclic) bond motifs is 5. The predicted octanol–water partition coefficient (Wildman–Crippen LogP) is 1.34. The first-order valence-electron chi connectivity index (χ1n) is 16.7. The number of nitrogens with one attached hydrogen (secondary N) is 1. The van der Waals surface area contributed by atoms with Crippen molar-refractivity contribution in [3.63, 3.8) is 0 Å². The first-order valence-corrected chi connectivity index (χ1v) is 16.7. The Morgan fingerprint density at radius 1 is 1.02 bits per heavy atom. The molecule has 0 fully saturated rings. The minimum absolute atomic E-state index is 0.0117. The lowest BCUT2D eigenvalue weighted by Gasteiger charge is -2.31. The first kappa shape index (κ1) is 36.9. The van der Waals surface area contributed by atoms with Crippen LogP contribution in [0.3, 0.4) is 0 Å². The molecule has 15 heteroatoms. The van der Waals surface area contributed by atoms with E-state index in [-0.39, 0.29) is 73.4 Å². The molecule has 3 aromatic rings. The topological polar surface area (TPSA) is 188 Å². The molecule has 2 aromatic heterocycles. The van der Waals surface area contributed by atoms with Gasteiger partial charge in [0, 0.05) is 49.1 Å². The molecule has 4 heterocycles. The number of carbonyl (C=O) groups is 3. The van der Waals surface area contributed by atoms with Crippen LogP contribution in [0.1, 0.15) is 48.9 Å². The fourth-order valence-corrected chi connectivity index (χ4v) is 6.00. The number of nitrogens with zero attached hydrogens (tertiary/aromatic N) is 3. The van der Waals surface area contributed by atoms with Crippen LogP contribution in [-0.2, 0) is 63.4 Å². The second-order valence-electron chi connectivity index (χ2n) is 12.2. The Balaban J connectivity index is 1.11. The fourth-order valence-electron chi connectivity index (χ4n) is 6.00. The van der Waals surface area contributed by atoms with Gasteiger partial charge >= 0.3 is 5.97 Å². The van der Waals surface area contributed by atoms with E-state index in [1.807, 2.05) is 6.07 Å². The van der Waals surface area contributed by atoms with E-state index >= 15 is 0 Å². The van der Waals surface area contributed by atoms with Gasteiger partial charge in [0.25, 0.3) is 5.56 Å². The number of pyridine rings is 2. The van der Waals surface area contributed by atoms with E-state index in [4.69, 9.17) is 28.7 Å². The summed E-state index contributed by atoms with van der Waals surface area (Å²) < 4.78 is 28.5. The molecule has 0 radical (unpaired) electrons. The molecule has 1 atom stereocenters. The van der Waals surface area contributed by atoms with Gasteiger partial charge in [-0.1, -0.05) is 6.92 Å². The molecule has 2 aliphatic heterocycles. The van der Waals surface area contributed by atoms with E-state index in [0.29, 0.717) is 80.6 Å². The van der Waals surface area contributed by atoms with Crippen LogP contribution >= 0.6 is 0 Å². The van der Waals surface area contributed by atoms with Crippen molar-refractivity contribution < 1.29 is 48.3 Å². The van der Waals surface area contributed by atoms with Crippen molar-refractivity contribution in [2.24, 2.45) is 0 Å². The Bertz CT molecular complexity index is 1790. The normalized spacial score (nSPS) is 16.1. The van der Waals surface area contributed by atoms with Gasteiger partial charge in [-0.25, -0.2) is 9.78 Å². The van der Waals surface area contributed by atoms with Crippen molar-refractivity contribution >= 4 is 28.7 Å². The van der Waals surface area contributed by atoms with Crippen LogP contribution in [0.25, 0.3) is 22.3 Å². The predicted molar refractivity (Wildman–Crippen MR) is 179 cm³/mol. The molecule has 0 saturated heterocycles. The van der Waals surface area contributed by atoms with Crippen molar-refractivity contribution in [2.75, 3.05) is 66.4 Å². The lowest BCUT2D eigenvalue weighted by atomic mass is 9.86. The summed E-state index contributed by atoms with van der Waals surface area (Å²) in [5.74, 6) is -1.04. The fraction of sp³-hybridized carbons (Fsp3) is 0.514. The average molecular weight is 697 g/mol. The van der Waals surface area contributed by atoms with Gasteiger partial charge < -0.3 is 48.7 Å². The molecule has 5 rings (SSSR count). The van der Waals surface area contributed by atoms with Gasteiger partial charge in [0.05, 0.1) is 88.3 Å². The van der Waals surface area contributed by atoms with Crippen LogP contribution in [0, 0.1) is 0 Å². The molecule has 270 valence electrons. The van der Waals surface area contributed by atoms with E-state index in [0.717, 1.165) is 5.56 Å². The third-order valence-corrected chi connectivity index (χ3v) is 8.80. The van der Waals surface area contributed by atoms with Gasteiger partial charge in [0.1, 0.15) is 12.4 Å². The van der Waals surface area contributed by atoms with Crippen molar-refractivity contribution in [1.82, 2.24) is 19.8 Å². The van der Waals surface area contributed by atoms with E-state index < -0.39 is 11.6 Å². The number of benzene rings is 1. The summed E-state index contributed by atoms with van der Waals surface area (Å²) in [5, 5.41) is 25.2. The Kier molecular flexibility index (Phi) is 12.2. The van der Waals surface area contributed by atoms with Crippen molar-refractivity contribution in [1.29, 1.82) is 0 Å². The van der Waals surface area contributed by atoms with Gasteiger partial charge in [-0.2, -0.15) is 0 Å². The van der Waals surface area contributed by atoms with E-state index in [9.17, 15) is 29.4 Å². The number of aromatic nitrogens is 2. The number of hydrogen-bond acceptors (Lipinski definition) is 12. The number of aliphatic hydroxyl groups is 1. The van der Waals surface area contributed by atoms with E-state index in [1.165, 1.54) is 17.9 Å². The molecule has 15 nitrogen and oxygen atoms in total. The number of cyclic esters (lactones) is 1. The number of phenols is 1. The largest absolute Gasteiger partial charge is 0.508 e. The second-order valence-corrected chi connectivity index (χ2v) is 12.2. The third kappa shape index (κ3) is 8.13. The zero-order valence-electron chi connectivity index (χ0n) is 28.6. The highest BCUT2D eigenvalue weighted by molar-refractivity contribution is 5.89. The molecule has 2 amide bonds. The van der Waals surface area contributed by atoms with Crippen LogP contribution in [0.5, 0.6) is 5.75 Å². The SMILES string of the molecule is CC[C@@]1(O)C(=O)OCc2c1cc1n(c2=O)Cc2cc3c(CN(C)C(=O)CCOCCOCCOCCOCCNC(C)=O)c(O)ccc3nc2-1. The Hall–Kier alpha value is -4.41. The van der Waals surface area contributed by atoms with Gasteiger partial charge in [-0.15, -0.1) is 0 Å². The molecule has 0 saturated carbocycles. The number of carbonyl (C=O) groups excluding carboxylic acids is 3. The maximum atomic E-state index is 13.5. The number of phenolic OH excluding ortho intramolecular Hbond substituents is 1. The summed E-state index contributed by atoms with van der Waals surface area (Å²) in [6.45, 7) is 6.65. The van der Waals surface area contributed by atoms with E-state index in [1.54, 1.807) is 30.7 Å². The van der Waals surface area contributed by atoms with Crippen LogP contribution in [0.15, 0.2) is 29.1 Å². The second kappa shape index (κ2) is 16.5. The van der Waals surface area contributed by atoms with Gasteiger partial charge in [0.2, 0.25) is 11.8 Å². The van der Waals surface area contributed by atoms with Crippen molar-refractivity contribution in [2.45, 2.75) is 52.0 Å². The summed E-state index contributed by atoms with van der Waals surface area (Å²) in [6.07, 6.45) is 0.188. The van der Waals surface area contributed by atoms with Gasteiger partial charge in [-0.3, -0.25) is 14.4 Å². The number of rotatable bonds is 18. The highest BCUT2D eigenvalue weighted by Crippen LogP contribution is 2.39. The Labute approximate surface area is 289 Å². The molecular formula is C35H44N4O11. The summed E-state index contributed by atoms with van der Waals surface area (Å²) in [6, 6.07) is 6.71. The summed E-state index contributed by atoms with van der Waals surface area (Å²) in [5.41, 5.74) is 1.06. The third-order valence-electron chi connectivity index (χ3n) is 8.80. The molecule has 2 aliphatic rings. The van der Waals surface area contributed by atoms with Crippen LogP contribution in [0.2, 0.25) is 0 Å². The number of esters is 1. The van der Waals surface area contributed by atoms with Crippen LogP contribution in [0.4, 0.5) is 0 Å². The highest BCUT2D eigenvalue weighted by atomic mass is 16.6. The van der Waals surface area contributed by atoms with Crippen LogP contribution < -0.4 is 10.9 Å². The number of hydrogen-bond donors (Lipinski definition) is 3. The maximum absolute atomic E-state index is 13.5. The molecule has 50 heavy (non-hydrogen) atoms. The number of amides is 2. The minimum atomic E-state index is -1.92. The molecule has 0 unspecified atom stereocenters. The van der Waals surface area contributed by atoms with Crippen molar-refractivity contribution in [3.8, 4) is 17.1 Å². The Morgan fingerprint density at radius 3 is 2.34 bits per heavy atom. The van der Waals surface area contributed by atoms with Gasteiger partial charge in [0.15, 0.2) is 5.60 Å². The molecule has 3 N–H and O–H groups in total. The Morgan fingerprint density at radius 2 is 1.68 bits per heavy atom. The maximum Gasteiger partial charge on any atom is 0.343 e. The number of ether oxygens (including phenoxy) is 5. The minimum Gasteiger partial charge on any atom is -0.508 e. The lowest BCUT2D eigenvalue weighted by molar-refractivity contribution is -0.172. The standard InChI is InChI=1S/C35H44N4O11/c1-4-35(45)27-18-29-32-23(19-39(29)33(43)26(27)21-50-34(35)44)17-24-25(30(41)6-5-28(24)37-32)20-38(3)31(42)7-9-46-11-13-48-15-16-49-14-12-47-10-8-36-22(2)40/h5-6,17-18,41,45H,4,7-16,19-21H2,1-3H3,(H,36,40)/t35-/m0/s1. The smallest absolute Gasteiger partial charge is 0.343 e. The molecular weight excluding hydrogens is 652 g/mol. The lowest BCUT2D eigenvalue weighted by Crippen LogP contribution is -2.44. The quantitative estimate of drug-likeness (QED) is 0.100. The molecule has 1 aromatic carbocycles. The van der Waals surface area contributed by atoms with E-state index in [2.05, 4.69) is 5.32 Å². The summed E-state index contributed by atoms with van der Waals surface area (Å²) in [7, 11) is 1.65. The van der Waals surface area contributed by atoms with Crippen LogP contribution in [-0.4, -0.2) is 109 Å².